The highest BCUT2D eigenvalue weighted by atomic mass is 35.5. The first-order valence-corrected chi connectivity index (χ1v) is 14.8. The van der Waals surface area contributed by atoms with E-state index < -0.39 is 0 Å². The largest absolute Gasteiger partial charge is 0.309 e. The fourth-order valence-electron chi connectivity index (χ4n) is 4.94. The molecular formula is C36H24Cl4N2. The van der Waals surface area contributed by atoms with Gasteiger partial charge in [0.15, 0.2) is 0 Å². The first kappa shape index (κ1) is 28.2. The third-order valence-electron chi connectivity index (χ3n) is 6.91. The van der Waals surface area contributed by atoms with E-state index in [1.54, 1.807) is 12.1 Å². The van der Waals surface area contributed by atoms with Crippen molar-refractivity contribution < 1.29 is 0 Å². The van der Waals surface area contributed by atoms with Crippen molar-refractivity contribution in [3.63, 3.8) is 0 Å². The maximum atomic E-state index is 6.65. The Morgan fingerprint density at radius 1 is 0.333 bits per heavy atom. The van der Waals surface area contributed by atoms with Crippen LogP contribution in [0.3, 0.4) is 0 Å². The number of nitrogens with zero attached hydrogens (tertiary/aromatic N) is 2. The molecule has 0 unspecified atom stereocenters. The van der Waals surface area contributed by atoms with Gasteiger partial charge in [0, 0.05) is 32.8 Å². The maximum Gasteiger partial charge on any atom is 0.0661 e. The monoisotopic (exact) mass is 624 g/mol. The van der Waals surface area contributed by atoms with Crippen LogP contribution in [-0.2, 0) is 0 Å². The van der Waals surface area contributed by atoms with Gasteiger partial charge in [0.1, 0.15) is 0 Å². The van der Waals surface area contributed by atoms with Crippen LogP contribution < -0.4 is 9.80 Å². The summed E-state index contributed by atoms with van der Waals surface area (Å²) in [6, 6.07) is 48.3. The quantitative estimate of drug-likeness (QED) is 0.174. The van der Waals surface area contributed by atoms with Gasteiger partial charge in [0.05, 0.1) is 21.4 Å². The number of rotatable bonds is 7. The standard InChI is InChI=1S/C36H24Cl4N2/c37-27-15-21-35(33(39)23-27)41(29-7-3-1-4-8-29)31-17-11-25(12-18-31)26-13-19-32(20-14-26)42(30-9-5-2-6-10-30)36-22-16-28(38)24-34(36)40/h1-24H. The second-order valence-corrected chi connectivity index (χ2v) is 11.3. The summed E-state index contributed by atoms with van der Waals surface area (Å²) in [7, 11) is 0. The molecule has 0 N–H and O–H groups in total. The molecule has 6 heteroatoms. The lowest BCUT2D eigenvalue weighted by molar-refractivity contribution is 1.28. The summed E-state index contributed by atoms with van der Waals surface area (Å²) < 4.78 is 0. The summed E-state index contributed by atoms with van der Waals surface area (Å²) >= 11 is 25.7. The molecule has 0 fully saturated rings. The van der Waals surface area contributed by atoms with Gasteiger partial charge in [-0.15, -0.1) is 0 Å². The maximum absolute atomic E-state index is 6.65. The van der Waals surface area contributed by atoms with E-state index in [0.717, 1.165) is 45.3 Å². The van der Waals surface area contributed by atoms with E-state index in [-0.39, 0.29) is 0 Å². The molecule has 0 radical (unpaired) electrons. The minimum absolute atomic E-state index is 0.578. The molecule has 0 aliphatic heterocycles. The van der Waals surface area contributed by atoms with Crippen LogP contribution in [0.5, 0.6) is 0 Å². The molecule has 0 bridgehead atoms. The van der Waals surface area contributed by atoms with Crippen LogP contribution >= 0.6 is 46.4 Å². The van der Waals surface area contributed by atoms with Crippen LogP contribution in [0, 0.1) is 0 Å². The highest BCUT2D eigenvalue weighted by Gasteiger charge is 2.17. The van der Waals surface area contributed by atoms with E-state index in [4.69, 9.17) is 46.4 Å². The number of halogens is 4. The number of hydrogen-bond acceptors (Lipinski definition) is 2. The van der Waals surface area contributed by atoms with Crippen LogP contribution in [0.25, 0.3) is 11.1 Å². The summed E-state index contributed by atoms with van der Waals surface area (Å²) in [4.78, 5) is 4.25. The Morgan fingerprint density at radius 2 is 0.667 bits per heavy atom. The molecule has 2 nitrogen and oxygen atoms in total. The Morgan fingerprint density at radius 3 is 1.00 bits per heavy atom. The molecule has 206 valence electrons. The minimum Gasteiger partial charge on any atom is -0.309 e. The molecule has 0 aliphatic carbocycles. The second kappa shape index (κ2) is 12.5. The fraction of sp³-hybridized carbons (Fsp3) is 0. The molecule has 6 aromatic rings. The summed E-state index contributed by atoms with van der Waals surface area (Å²) in [5.74, 6) is 0. The van der Waals surface area contributed by atoms with E-state index in [2.05, 4.69) is 82.6 Å². The highest BCUT2D eigenvalue weighted by Crippen LogP contribution is 2.42. The lowest BCUT2D eigenvalue weighted by atomic mass is 10.0. The first-order valence-electron chi connectivity index (χ1n) is 13.3. The van der Waals surface area contributed by atoms with Crippen LogP contribution in [-0.4, -0.2) is 0 Å². The topological polar surface area (TPSA) is 6.48 Å². The van der Waals surface area contributed by atoms with E-state index in [9.17, 15) is 0 Å². The molecule has 0 atom stereocenters. The summed E-state index contributed by atoms with van der Waals surface area (Å²) in [6.07, 6.45) is 0. The summed E-state index contributed by atoms with van der Waals surface area (Å²) in [5, 5.41) is 2.35. The van der Waals surface area contributed by atoms with E-state index in [1.165, 1.54) is 0 Å². The Hall–Kier alpha value is -3.92. The predicted octanol–water partition coefficient (Wildman–Crippen LogP) is 12.9. The van der Waals surface area contributed by atoms with Crippen molar-refractivity contribution in [1.82, 2.24) is 0 Å². The Balaban J connectivity index is 1.34. The van der Waals surface area contributed by atoms with Gasteiger partial charge in [0.2, 0.25) is 0 Å². The van der Waals surface area contributed by atoms with Crippen molar-refractivity contribution in [3.05, 3.63) is 166 Å². The van der Waals surface area contributed by atoms with Crippen LogP contribution in [0.15, 0.2) is 146 Å². The van der Waals surface area contributed by atoms with Crippen molar-refractivity contribution >= 4 is 80.5 Å². The molecule has 0 saturated heterocycles. The molecule has 0 saturated carbocycles. The fourth-order valence-corrected chi connectivity index (χ4v) is 5.93. The average Bonchev–Trinajstić information content (AvgIpc) is 3.01. The molecule has 0 amide bonds. The Labute approximate surface area is 265 Å². The van der Waals surface area contributed by atoms with Crippen molar-refractivity contribution in [1.29, 1.82) is 0 Å². The smallest absolute Gasteiger partial charge is 0.0661 e. The van der Waals surface area contributed by atoms with Crippen LogP contribution in [0.1, 0.15) is 0 Å². The molecule has 0 aliphatic rings. The van der Waals surface area contributed by atoms with Gasteiger partial charge in [-0.1, -0.05) is 107 Å². The third-order valence-corrected chi connectivity index (χ3v) is 7.99. The van der Waals surface area contributed by atoms with Crippen LogP contribution in [0.4, 0.5) is 34.1 Å². The van der Waals surface area contributed by atoms with Gasteiger partial charge in [-0.2, -0.15) is 0 Å². The zero-order valence-corrected chi connectivity index (χ0v) is 25.3. The lowest BCUT2D eigenvalue weighted by Crippen LogP contribution is -2.10. The number of benzene rings is 6. The van der Waals surface area contributed by atoms with Crippen molar-refractivity contribution in [2.24, 2.45) is 0 Å². The number of hydrogen-bond donors (Lipinski definition) is 0. The highest BCUT2D eigenvalue weighted by molar-refractivity contribution is 6.37. The zero-order chi connectivity index (χ0) is 29.1. The van der Waals surface area contributed by atoms with Gasteiger partial charge in [-0.3, -0.25) is 0 Å². The molecule has 0 heterocycles. The minimum atomic E-state index is 0.578. The van der Waals surface area contributed by atoms with Crippen molar-refractivity contribution in [3.8, 4) is 11.1 Å². The summed E-state index contributed by atoms with van der Waals surface area (Å²) in [6.45, 7) is 0. The third kappa shape index (κ3) is 5.99. The number of para-hydroxylation sites is 2. The van der Waals surface area contributed by atoms with Gasteiger partial charge in [-0.25, -0.2) is 0 Å². The van der Waals surface area contributed by atoms with E-state index in [0.29, 0.717) is 20.1 Å². The molecule has 6 aromatic carbocycles. The molecular weight excluding hydrogens is 602 g/mol. The number of anilines is 6. The van der Waals surface area contributed by atoms with Gasteiger partial charge in [0.25, 0.3) is 0 Å². The van der Waals surface area contributed by atoms with Gasteiger partial charge >= 0.3 is 0 Å². The molecule has 6 rings (SSSR count). The predicted molar refractivity (Wildman–Crippen MR) is 181 cm³/mol. The molecule has 0 spiro atoms. The summed E-state index contributed by atoms with van der Waals surface area (Å²) in [5.41, 5.74) is 7.86. The van der Waals surface area contributed by atoms with Gasteiger partial charge < -0.3 is 9.80 Å². The zero-order valence-electron chi connectivity index (χ0n) is 22.3. The van der Waals surface area contributed by atoms with E-state index in [1.807, 2.05) is 60.7 Å². The van der Waals surface area contributed by atoms with Gasteiger partial charge in [-0.05, 0) is 96.1 Å². The van der Waals surface area contributed by atoms with Crippen LogP contribution in [0.2, 0.25) is 20.1 Å². The first-order chi connectivity index (χ1) is 20.5. The average molecular weight is 626 g/mol. The molecule has 42 heavy (non-hydrogen) atoms. The Bertz CT molecular complexity index is 1670. The Kier molecular flexibility index (Phi) is 8.41. The SMILES string of the molecule is Clc1ccc(N(c2ccccc2)c2ccc(-c3ccc(N(c4ccccc4)c4ccc(Cl)cc4Cl)cc3)cc2)c(Cl)c1. The van der Waals surface area contributed by atoms with Crippen molar-refractivity contribution in [2.75, 3.05) is 9.80 Å². The van der Waals surface area contributed by atoms with E-state index >= 15 is 0 Å². The molecule has 0 aromatic heterocycles. The normalized spacial score (nSPS) is 10.9. The van der Waals surface area contributed by atoms with Crippen molar-refractivity contribution in [2.45, 2.75) is 0 Å². The lowest BCUT2D eigenvalue weighted by Gasteiger charge is -2.27. The second-order valence-electron chi connectivity index (χ2n) is 9.63.